The molecule has 0 aliphatic carbocycles. The number of rotatable bonds is 42. The largest absolute Gasteiger partial charge is 0.394 e. The minimum Gasteiger partial charge on any atom is -0.394 e. The average molecular weight is 718 g/mol. The van der Waals surface area contributed by atoms with Crippen LogP contribution in [0.2, 0.25) is 0 Å². The van der Waals surface area contributed by atoms with Crippen LogP contribution in [0.1, 0.15) is 251 Å². The topological polar surface area (TPSA) is 69.6 Å². The van der Waals surface area contributed by atoms with E-state index in [0.29, 0.717) is 12.8 Å². The first-order chi connectivity index (χ1) is 25.2. The molecule has 0 aliphatic heterocycles. The molecule has 0 saturated heterocycles. The lowest BCUT2D eigenvalue weighted by Crippen LogP contribution is -2.45. The lowest BCUT2D eigenvalue weighted by Gasteiger charge is -2.22. The molecule has 4 heteroatoms. The molecule has 302 valence electrons. The Morgan fingerprint density at radius 1 is 0.471 bits per heavy atom. The summed E-state index contributed by atoms with van der Waals surface area (Å²) in [5, 5.41) is 23.2. The van der Waals surface area contributed by atoms with Crippen LogP contribution in [-0.2, 0) is 4.79 Å². The Balaban J connectivity index is 3.46. The molecule has 2 atom stereocenters. The van der Waals surface area contributed by atoms with Gasteiger partial charge in [0.05, 0.1) is 18.8 Å². The van der Waals surface area contributed by atoms with Gasteiger partial charge in [-0.2, -0.15) is 0 Å². The van der Waals surface area contributed by atoms with Crippen LogP contribution in [0.25, 0.3) is 0 Å². The van der Waals surface area contributed by atoms with Crippen LogP contribution in [0, 0.1) is 0 Å². The zero-order valence-electron chi connectivity index (χ0n) is 34.6. The van der Waals surface area contributed by atoms with Crippen molar-refractivity contribution in [2.24, 2.45) is 0 Å². The Kier molecular flexibility index (Phi) is 42.3. The molecule has 51 heavy (non-hydrogen) atoms. The fourth-order valence-corrected chi connectivity index (χ4v) is 7.14. The number of hydrogen-bond donors (Lipinski definition) is 3. The number of allylic oxidation sites excluding steroid dienone is 4. The molecule has 2 unspecified atom stereocenters. The van der Waals surface area contributed by atoms with Crippen molar-refractivity contribution < 1.29 is 15.0 Å². The number of carbonyl (C=O) groups excluding carboxylic acids is 1. The SMILES string of the molecule is CCCC/C=C\C/C=C\CCCCCCCC(=O)NC(CO)C(O)CCCCCCCCCCCCCCCCCCCCCCCCCCC. The summed E-state index contributed by atoms with van der Waals surface area (Å²) in [5.41, 5.74) is 0. The zero-order valence-corrected chi connectivity index (χ0v) is 34.6. The number of amides is 1. The van der Waals surface area contributed by atoms with Gasteiger partial charge in [0, 0.05) is 6.42 Å². The van der Waals surface area contributed by atoms with Crippen molar-refractivity contribution in [3.63, 3.8) is 0 Å². The summed E-state index contributed by atoms with van der Waals surface area (Å²) >= 11 is 0. The van der Waals surface area contributed by atoms with Crippen molar-refractivity contribution in [2.45, 2.75) is 264 Å². The fourth-order valence-electron chi connectivity index (χ4n) is 7.14. The molecule has 4 nitrogen and oxygen atoms in total. The molecule has 0 bridgehead atoms. The van der Waals surface area contributed by atoms with Crippen LogP contribution < -0.4 is 5.32 Å². The molecule has 0 saturated carbocycles. The van der Waals surface area contributed by atoms with E-state index in [-0.39, 0.29) is 12.5 Å². The molecule has 0 aromatic carbocycles. The van der Waals surface area contributed by atoms with Crippen molar-refractivity contribution >= 4 is 5.91 Å². The van der Waals surface area contributed by atoms with Crippen LogP contribution >= 0.6 is 0 Å². The number of unbranched alkanes of at least 4 members (excludes halogenated alkanes) is 31. The van der Waals surface area contributed by atoms with Crippen molar-refractivity contribution in [1.82, 2.24) is 5.32 Å². The Bertz CT molecular complexity index is 735. The Hall–Kier alpha value is -1.13. The van der Waals surface area contributed by atoms with Crippen LogP contribution in [0.5, 0.6) is 0 Å². The fraction of sp³-hybridized carbons (Fsp3) is 0.894. The monoisotopic (exact) mass is 718 g/mol. The predicted octanol–water partition coefficient (Wildman–Crippen LogP) is 14.4. The summed E-state index contributed by atoms with van der Waals surface area (Å²) in [4.78, 5) is 12.4. The summed E-state index contributed by atoms with van der Waals surface area (Å²) in [6, 6.07) is -0.542. The molecule has 0 radical (unpaired) electrons. The second-order valence-electron chi connectivity index (χ2n) is 15.8. The van der Waals surface area contributed by atoms with Crippen LogP contribution in [0.4, 0.5) is 0 Å². The number of nitrogens with one attached hydrogen (secondary N) is 1. The molecule has 0 heterocycles. The highest BCUT2D eigenvalue weighted by Gasteiger charge is 2.20. The number of hydrogen-bond acceptors (Lipinski definition) is 3. The number of carbonyl (C=O) groups is 1. The molecule has 0 aromatic heterocycles. The van der Waals surface area contributed by atoms with Gasteiger partial charge in [0.15, 0.2) is 0 Å². The van der Waals surface area contributed by atoms with Gasteiger partial charge in [-0.1, -0.05) is 231 Å². The quantitative estimate of drug-likeness (QED) is 0.0435. The van der Waals surface area contributed by atoms with Gasteiger partial charge < -0.3 is 15.5 Å². The first kappa shape index (κ1) is 49.9. The summed E-state index contributed by atoms with van der Waals surface area (Å²) in [6.45, 7) is 4.33. The number of aliphatic hydroxyl groups excluding tert-OH is 2. The highest BCUT2D eigenvalue weighted by molar-refractivity contribution is 5.76. The van der Waals surface area contributed by atoms with Gasteiger partial charge in [-0.05, 0) is 38.5 Å². The zero-order chi connectivity index (χ0) is 37.1. The first-order valence-electron chi connectivity index (χ1n) is 23.0. The van der Waals surface area contributed by atoms with E-state index in [0.717, 1.165) is 44.9 Å². The molecular formula is C47H91NO3. The molecule has 0 aromatic rings. The third-order valence-electron chi connectivity index (χ3n) is 10.7. The second kappa shape index (κ2) is 43.3. The third-order valence-corrected chi connectivity index (χ3v) is 10.7. The van der Waals surface area contributed by atoms with Gasteiger partial charge in [-0.3, -0.25) is 4.79 Å². The van der Waals surface area contributed by atoms with E-state index in [1.54, 1.807) is 0 Å². The van der Waals surface area contributed by atoms with Crippen LogP contribution in [0.3, 0.4) is 0 Å². The Morgan fingerprint density at radius 2 is 0.824 bits per heavy atom. The van der Waals surface area contributed by atoms with E-state index in [4.69, 9.17) is 0 Å². The standard InChI is InChI=1S/C47H91NO3/c1-3-5-7-9-11-13-15-17-19-20-21-22-23-24-25-26-27-28-29-30-32-34-36-38-40-42-46(50)45(44-49)48-47(51)43-41-39-37-35-33-31-18-16-14-12-10-8-6-4-2/h10,12,16,18,45-46,49-50H,3-9,11,13-15,17,19-44H2,1-2H3,(H,48,51)/b12-10-,18-16-. The molecule has 1 amide bonds. The van der Waals surface area contributed by atoms with Gasteiger partial charge in [0.1, 0.15) is 0 Å². The van der Waals surface area contributed by atoms with Crippen molar-refractivity contribution in [2.75, 3.05) is 6.61 Å². The summed E-state index contributed by atoms with van der Waals surface area (Å²) < 4.78 is 0. The van der Waals surface area contributed by atoms with Crippen LogP contribution in [0.15, 0.2) is 24.3 Å². The van der Waals surface area contributed by atoms with Crippen molar-refractivity contribution in [3.05, 3.63) is 24.3 Å². The summed E-state index contributed by atoms with van der Waals surface area (Å²) in [5.74, 6) is -0.0437. The van der Waals surface area contributed by atoms with E-state index < -0.39 is 12.1 Å². The highest BCUT2D eigenvalue weighted by atomic mass is 16.3. The van der Waals surface area contributed by atoms with Gasteiger partial charge in [-0.15, -0.1) is 0 Å². The molecule has 0 spiro atoms. The Labute approximate surface area is 319 Å². The second-order valence-corrected chi connectivity index (χ2v) is 15.8. The normalized spacial score (nSPS) is 13.1. The van der Waals surface area contributed by atoms with Gasteiger partial charge in [0.25, 0.3) is 0 Å². The smallest absolute Gasteiger partial charge is 0.220 e. The average Bonchev–Trinajstić information content (AvgIpc) is 3.13. The van der Waals surface area contributed by atoms with E-state index in [1.807, 2.05) is 0 Å². The highest BCUT2D eigenvalue weighted by Crippen LogP contribution is 2.17. The molecule has 3 N–H and O–H groups in total. The maximum Gasteiger partial charge on any atom is 0.220 e. The summed E-state index contributed by atoms with van der Waals surface area (Å²) in [7, 11) is 0. The van der Waals surface area contributed by atoms with Gasteiger partial charge in [-0.25, -0.2) is 0 Å². The van der Waals surface area contributed by atoms with E-state index >= 15 is 0 Å². The summed E-state index contributed by atoms with van der Waals surface area (Å²) in [6.07, 6.45) is 55.5. The maximum atomic E-state index is 12.4. The van der Waals surface area contributed by atoms with Crippen molar-refractivity contribution in [3.8, 4) is 0 Å². The molecule has 0 fully saturated rings. The van der Waals surface area contributed by atoms with Gasteiger partial charge in [0.2, 0.25) is 5.91 Å². The molecule has 0 rings (SSSR count). The van der Waals surface area contributed by atoms with E-state index in [2.05, 4.69) is 43.5 Å². The molecule has 0 aliphatic rings. The van der Waals surface area contributed by atoms with Crippen LogP contribution in [-0.4, -0.2) is 34.9 Å². The predicted molar refractivity (Wildman–Crippen MR) is 225 cm³/mol. The van der Waals surface area contributed by atoms with Gasteiger partial charge >= 0.3 is 0 Å². The first-order valence-corrected chi connectivity index (χ1v) is 23.0. The van der Waals surface area contributed by atoms with E-state index in [1.165, 1.54) is 180 Å². The molecular weight excluding hydrogens is 627 g/mol. The Morgan fingerprint density at radius 3 is 1.24 bits per heavy atom. The maximum absolute atomic E-state index is 12.4. The third kappa shape index (κ3) is 39.9. The van der Waals surface area contributed by atoms with Crippen molar-refractivity contribution in [1.29, 1.82) is 0 Å². The minimum atomic E-state index is -0.664. The lowest BCUT2D eigenvalue weighted by molar-refractivity contribution is -0.123. The minimum absolute atomic E-state index is 0.0437. The van der Waals surface area contributed by atoms with E-state index in [9.17, 15) is 15.0 Å². The lowest BCUT2D eigenvalue weighted by atomic mass is 10.0. The number of aliphatic hydroxyl groups is 2.